The summed E-state index contributed by atoms with van der Waals surface area (Å²) in [6.07, 6.45) is 2.41. The fourth-order valence-corrected chi connectivity index (χ4v) is 4.06. The van der Waals surface area contributed by atoms with Gasteiger partial charge in [-0.1, -0.05) is 25.1 Å². The molecule has 7 heteroatoms. The number of thiazole rings is 1. The van der Waals surface area contributed by atoms with E-state index in [9.17, 15) is 19.1 Å². The molecule has 1 aromatic carbocycles. The maximum atomic E-state index is 13.7. The van der Waals surface area contributed by atoms with Crippen molar-refractivity contribution in [1.82, 2.24) is 9.88 Å². The van der Waals surface area contributed by atoms with E-state index in [1.165, 1.54) is 23.6 Å². The second kappa shape index (κ2) is 7.31. The van der Waals surface area contributed by atoms with E-state index in [0.29, 0.717) is 34.8 Å². The summed E-state index contributed by atoms with van der Waals surface area (Å²) in [5.74, 6) is -1.74. The largest absolute Gasteiger partial charge is 0.481 e. The summed E-state index contributed by atoms with van der Waals surface area (Å²) in [4.78, 5) is 30.2. The Morgan fingerprint density at radius 3 is 2.84 bits per heavy atom. The summed E-state index contributed by atoms with van der Waals surface area (Å²) in [6, 6.07) is 6.49. The molecule has 1 saturated heterocycles. The van der Waals surface area contributed by atoms with Crippen LogP contribution in [0.1, 0.15) is 33.6 Å². The van der Waals surface area contributed by atoms with Gasteiger partial charge >= 0.3 is 5.97 Å². The molecule has 5 nitrogen and oxygen atoms in total. The molecule has 2 heterocycles. The smallest absolute Gasteiger partial charge is 0.308 e. The quantitative estimate of drug-likeness (QED) is 0.907. The predicted molar refractivity (Wildman–Crippen MR) is 92.1 cm³/mol. The first kappa shape index (κ1) is 17.5. The summed E-state index contributed by atoms with van der Waals surface area (Å²) in [5.41, 5.74) is 0.536. The number of nitrogens with zero attached hydrogens (tertiary/aromatic N) is 2. The van der Waals surface area contributed by atoms with Crippen LogP contribution in [0, 0.1) is 17.7 Å². The highest BCUT2D eigenvalue weighted by Gasteiger charge is 2.32. The molecular formula is C18H19FN2O3S. The molecule has 0 bridgehead atoms. The Labute approximate surface area is 149 Å². The van der Waals surface area contributed by atoms with Gasteiger partial charge in [0.2, 0.25) is 0 Å². The lowest BCUT2D eigenvalue weighted by Crippen LogP contribution is -2.45. The predicted octanol–water partition coefficient (Wildman–Crippen LogP) is 3.06. The van der Waals surface area contributed by atoms with Gasteiger partial charge in [0.15, 0.2) is 0 Å². The van der Waals surface area contributed by atoms with Gasteiger partial charge in [0, 0.05) is 19.5 Å². The van der Waals surface area contributed by atoms with Crippen molar-refractivity contribution >= 4 is 23.2 Å². The summed E-state index contributed by atoms with van der Waals surface area (Å²) >= 11 is 1.23. The van der Waals surface area contributed by atoms with Crippen LogP contribution in [0.15, 0.2) is 30.5 Å². The topological polar surface area (TPSA) is 70.5 Å². The SMILES string of the molecule is CC1CC(C(=O)O)CN(C(=O)c2cnc(Cc3ccccc3F)s2)C1. The van der Waals surface area contributed by atoms with Gasteiger partial charge in [-0.25, -0.2) is 9.37 Å². The number of aromatic nitrogens is 1. The molecule has 132 valence electrons. The fraction of sp³-hybridized carbons (Fsp3) is 0.389. The second-order valence-electron chi connectivity index (χ2n) is 6.47. The number of halogens is 1. The Morgan fingerprint density at radius 1 is 1.36 bits per heavy atom. The summed E-state index contributed by atoms with van der Waals surface area (Å²) in [6.45, 7) is 2.72. The number of likely N-dealkylation sites (tertiary alicyclic amines) is 1. The number of carbonyl (C=O) groups excluding carboxylic acids is 1. The minimum Gasteiger partial charge on any atom is -0.481 e. The summed E-state index contributed by atoms with van der Waals surface area (Å²) < 4.78 is 13.7. The van der Waals surface area contributed by atoms with E-state index >= 15 is 0 Å². The van der Waals surface area contributed by atoms with Gasteiger partial charge in [-0.15, -0.1) is 11.3 Å². The van der Waals surface area contributed by atoms with Crippen LogP contribution in [0.4, 0.5) is 4.39 Å². The maximum Gasteiger partial charge on any atom is 0.308 e. The van der Waals surface area contributed by atoms with Gasteiger partial charge in [-0.2, -0.15) is 0 Å². The number of rotatable bonds is 4. The van der Waals surface area contributed by atoms with Crippen LogP contribution in [0.25, 0.3) is 0 Å². The number of carboxylic acid groups (broad SMARTS) is 1. The third kappa shape index (κ3) is 4.04. The van der Waals surface area contributed by atoms with E-state index in [-0.39, 0.29) is 24.2 Å². The minimum atomic E-state index is -0.867. The van der Waals surface area contributed by atoms with Crippen molar-refractivity contribution in [1.29, 1.82) is 0 Å². The molecule has 0 saturated carbocycles. The van der Waals surface area contributed by atoms with E-state index in [0.717, 1.165) is 0 Å². The Bertz CT molecular complexity index is 792. The van der Waals surface area contributed by atoms with Crippen LogP contribution in [-0.2, 0) is 11.2 Å². The first-order valence-corrected chi connectivity index (χ1v) is 8.96. The highest BCUT2D eigenvalue weighted by molar-refractivity contribution is 7.13. The van der Waals surface area contributed by atoms with Crippen molar-refractivity contribution in [2.24, 2.45) is 11.8 Å². The average molecular weight is 362 g/mol. The lowest BCUT2D eigenvalue weighted by Gasteiger charge is -2.34. The Balaban J connectivity index is 1.72. The number of amides is 1. The van der Waals surface area contributed by atoms with Crippen LogP contribution >= 0.6 is 11.3 Å². The normalized spacial score (nSPS) is 20.5. The summed E-state index contributed by atoms with van der Waals surface area (Å²) in [5, 5.41) is 9.90. The van der Waals surface area contributed by atoms with E-state index in [1.807, 2.05) is 6.92 Å². The van der Waals surface area contributed by atoms with E-state index in [2.05, 4.69) is 4.98 Å². The van der Waals surface area contributed by atoms with E-state index < -0.39 is 11.9 Å². The number of benzene rings is 1. The molecule has 2 aromatic rings. The number of carboxylic acids is 1. The zero-order valence-corrected chi connectivity index (χ0v) is 14.6. The molecule has 0 radical (unpaired) electrons. The van der Waals surface area contributed by atoms with Crippen molar-refractivity contribution in [3.05, 3.63) is 51.7 Å². The lowest BCUT2D eigenvalue weighted by molar-refractivity contribution is -0.143. The Hall–Kier alpha value is -2.28. The molecule has 3 rings (SSSR count). The van der Waals surface area contributed by atoms with E-state index in [4.69, 9.17) is 0 Å². The zero-order chi connectivity index (χ0) is 18.0. The molecule has 0 aliphatic carbocycles. The molecule has 1 aromatic heterocycles. The Morgan fingerprint density at radius 2 is 2.12 bits per heavy atom. The average Bonchev–Trinajstić information content (AvgIpc) is 3.04. The zero-order valence-electron chi connectivity index (χ0n) is 13.8. The molecule has 1 aliphatic rings. The second-order valence-corrected chi connectivity index (χ2v) is 7.59. The van der Waals surface area contributed by atoms with Crippen LogP contribution in [-0.4, -0.2) is 40.0 Å². The van der Waals surface area contributed by atoms with Gasteiger partial charge in [0.05, 0.1) is 17.1 Å². The van der Waals surface area contributed by atoms with Crippen molar-refractivity contribution in [3.8, 4) is 0 Å². The third-order valence-corrected chi connectivity index (χ3v) is 5.35. The molecule has 1 amide bonds. The van der Waals surface area contributed by atoms with Crippen LogP contribution in [0.3, 0.4) is 0 Å². The fourth-order valence-electron chi connectivity index (χ4n) is 3.15. The summed E-state index contributed by atoms with van der Waals surface area (Å²) in [7, 11) is 0. The monoisotopic (exact) mass is 362 g/mol. The standard InChI is InChI=1S/C18H19FN2O3S/c1-11-6-13(18(23)24)10-21(9-11)17(22)15-8-20-16(25-15)7-12-4-2-3-5-14(12)19/h2-5,8,11,13H,6-7,9-10H2,1H3,(H,23,24). The van der Waals surface area contributed by atoms with Crippen LogP contribution < -0.4 is 0 Å². The molecular weight excluding hydrogens is 343 g/mol. The van der Waals surface area contributed by atoms with Crippen molar-refractivity contribution in [2.45, 2.75) is 19.8 Å². The Kier molecular flexibility index (Phi) is 5.13. The molecule has 0 spiro atoms. The molecule has 25 heavy (non-hydrogen) atoms. The van der Waals surface area contributed by atoms with Crippen LogP contribution in [0.5, 0.6) is 0 Å². The van der Waals surface area contributed by atoms with E-state index in [1.54, 1.807) is 23.1 Å². The number of carbonyl (C=O) groups is 2. The third-order valence-electron chi connectivity index (χ3n) is 4.36. The van der Waals surface area contributed by atoms with Crippen molar-refractivity contribution in [2.75, 3.05) is 13.1 Å². The van der Waals surface area contributed by atoms with Crippen LogP contribution in [0.2, 0.25) is 0 Å². The lowest BCUT2D eigenvalue weighted by atomic mass is 9.90. The molecule has 1 N–H and O–H groups in total. The number of piperidine rings is 1. The van der Waals surface area contributed by atoms with Gasteiger partial charge in [-0.3, -0.25) is 9.59 Å². The van der Waals surface area contributed by atoms with Crippen molar-refractivity contribution < 1.29 is 19.1 Å². The minimum absolute atomic E-state index is 0.143. The number of hydrogen-bond donors (Lipinski definition) is 1. The molecule has 2 unspecified atom stereocenters. The maximum absolute atomic E-state index is 13.7. The first-order valence-electron chi connectivity index (χ1n) is 8.14. The molecule has 1 fully saturated rings. The number of aliphatic carboxylic acids is 1. The van der Waals surface area contributed by atoms with Gasteiger partial charge in [0.1, 0.15) is 10.7 Å². The highest BCUT2D eigenvalue weighted by atomic mass is 32.1. The van der Waals surface area contributed by atoms with Crippen molar-refractivity contribution in [3.63, 3.8) is 0 Å². The van der Waals surface area contributed by atoms with Gasteiger partial charge < -0.3 is 10.0 Å². The molecule has 1 aliphatic heterocycles. The number of hydrogen-bond acceptors (Lipinski definition) is 4. The highest BCUT2D eigenvalue weighted by Crippen LogP contribution is 2.25. The first-order chi connectivity index (χ1) is 11.9. The molecule has 2 atom stereocenters. The van der Waals surface area contributed by atoms with Gasteiger partial charge in [-0.05, 0) is 24.0 Å². The van der Waals surface area contributed by atoms with Gasteiger partial charge in [0.25, 0.3) is 5.91 Å².